The smallest absolute Gasteiger partial charge is 0.145 e. The molecule has 12 atom stereocenters. The minimum Gasteiger partial charge on any atom is -0.396 e. The van der Waals surface area contributed by atoms with Gasteiger partial charge in [-0.15, -0.1) is 0 Å². The molecule has 1 aliphatic heterocycles. The van der Waals surface area contributed by atoms with E-state index in [0.29, 0.717) is 62.7 Å². The molecule has 0 unspecified atom stereocenters. The van der Waals surface area contributed by atoms with Gasteiger partial charge in [-0.05, 0) is 170 Å². The number of carbonyl (C=O) groups is 1. The normalized spacial score (nSPS) is 35.8. The van der Waals surface area contributed by atoms with E-state index in [1.165, 1.54) is 42.4 Å². The summed E-state index contributed by atoms with van der Waals surface area (Å²) < 4.78 is 12.0. The van der Waals surface area contributed by atoms with Gasteiger partial charge in [0, 0.05) is 55.1 Å². The number of nitrogens with one attached hydrogen (secondary N) is 3. The summed E-state index contributed by atoms with van der Waals surface area (Å²) in [5.41, 5.74) is 5.13. The molecular weight excluding hydrogens is 903 g/mol. The highest BCUT2D eigenvalue weighted by Gasteiger charge is 2.68. The third kappa shape index (κ3) is 11.7. The Morgan fingerprint density at radius 1 is 1.04 bits per heavy atom. The predicted molar refractivity (Wildman–Crippen MR) is 288 cm³/mol. The second-order valence-electron chi connectivity index (χ2n) is 23.2. The van der Waals surface area contributed by atoms with E-state index < -0.39 is 35.7 Å². The van der Waals surface area contributed by atoms with Crippen LogP contribution in [-0.2, 0) is 26.1 Å². The first-order valence-electron chi connectivity index (χ1n) is 27.9. The molecule has 6 aliphatic rings. The van der Waals surface area contributed by atoms with Crippen LogP contribution in [0.3, 0.4) is 0 Å². The lowest BCUT2D eigenvalue weighted by Gasteiger charge is -2.61. The quantitative estimate of drug-likeness (QED) is 0.0264. The molecule has 11 heteroatoms. The third-order valence-electron chi connectivity index (χ3n) is 19.2. The van der Waals surface area contributed by atoms with Crippen molar-refractivity contribution in [1.82, 2.24) is 16.0 Å². The molecule has 4 saturated carbocycles. The van der Waals surface area contributed by atoms with Crippen molar-refractivity contribution in [3.05, 3.63) is 106 Å². The maximum absolute atomic E-state index is 13.1. The number of fused-ring (bicyclic) bond motifs is 6. The Morgan fingerprint density at radius 3 is 2.56 bits per heavy atom. The first-order chi connectivity index (χ1) is 34.8. The average molecular weight is 996 g/mol. The molecular formula is C61H93N3O8. The van der Waals surface area contributed by atoms with Gasteiger partial charge in [0.25, 0.3) is 0 Å². The molecule has 400 valence electrons. The van der Waals surface area contributed by atoms with Crippen LogP contribution in [-0.4, -0.2) is 129 Å². The van der Waals surface area contributed by atoms with E-state index in [0.717, 1.165) is 81.0 Å². The standard InChI is InChI=1S/C61H93N3O8/c1-42-19-22-53(58(25-9-10-26-58)50-17-12-14-45(33-50)34-59(64-36-42,29-32-71-6)54-18-8-7-15-48(54)37-63-5)43(2)13-11-16-49(40-72-41-51(68)39-67)52-23-27-61(57(52)69)56-46(24-31-65)20-21-47(55(56)44(3)38-66)35-60(61,70)28-30-62-4/h11-14,16-17,19-21,33,38,46-48,51-54,56-57,62-65,67-70H,2,7-10,15,18,22-32,34-37,39-41H2,1,3-6H3/b13-11+,42-19+,49-16-,55-44?/t46-,47+,48+,51-,52+,53-,54-,56+,57-,59-,60-,61-/m1/s1. The zero-order valence-electron chi connectivity index (χ0n) is 44.7. The van der Waals surface area contributed by atoms with Crippen molar-refractivity contribution in [2.24, 2.45) is 46.8 Å². The highest BCUT2D eigenvalue weighted by molar-refractivity contribution is 5.74. The van der Waals surface area contributed by atoms with Crippen molar-refractivity contribution in [2.45, 2.75) is 145 Å². The minimum atomic E-state index is -1.27. The van der Waals surface area contributed by atoms with Gasteiger partial charge in [0.15, 0.2) is 0 Å². The summed E-state index contributed by atoms with van der Waals surface area (Å²) >= 11 is 0. The first kappa shape index (κ1) is 56.7. The fourth-order valence-corrected chi connectivity index (χ4v) is 15.7. The molecule has 7 rings (SSSR count). The molecule has 0 saturated heterocycles. The summed E-state index contributed by atoms with van der Waals surface area (Å²) in [6.45, 7) is 11.7. The molecule has 0 amide bonds. The number of aliphatic hydroxyl groups excluding tert-OH is 4. The van der Waals surface area contributed by atoms with Crippen molar-refractivity contribution in [3.8, 4) is 0 Å². The molecule has 4 bridgehead atoms. The van der Waals surface area contributed by atoms with Crippen LogP contribution >= 0.6 is 0 Å². The van der Waals surface area contributed by atoms with E-state index in [1.54, 1.807) is 0 Å². The molecule has 0 radical (unpaired) electrons. The Hall–Kier alpha value is -3.07. The number of aliphatic hydroxyl groups is 5. The van der Waals surface area contributed by atoms with Crippen molar-refractivity contribution < 1.29 is 39.8 Å². The second kappa shape index (κ2) is 25.6. The summed E-state index contributed by atoms with van der Waals surface area (Å²) in [5, 5.41) is 67.7. The summed E-state index contributed by atoms with van der Waals surface area (Å²) in [6.07, 6.45) is 26.5. The largest absolute Gasteiger partial charge is 0.396 e. The van der Waals surface area contributed by atoms with Gasteiger partial charge < -0.3 is 51.0 Å². The Labute approximate surface area is 432 Å². The monoisotopic (exact) mass is 996 g/mol. The molecule has 5 aliphatic carbocycles. The topological polar surface area (TPSA) is 173 Å². The zero-order valence-corrected chi connectivity index (χ0v) is 44.7. The van der Waals surface area contributed by atoms with Gasteiger partial charge in [-0.3, -0.25) is 4.79 Å². The molecule has 2 spiro atoms. The lowest BCUT2D eigenvalue weighted by Crippen LogP contribution is -2.65. The zero-order chi connectivity index (χ0) is 51.5. The Bertz CT molecular complexity index is 2120. The van der Waals surface area contributed by atoms with Gasteiger partial charge in [-0.25, -0.2) is 0 Å². The fourth-order valence-electron chi connectivity index (χ4n) is 15.7. The van der Waals surface area contributed by atoms with Crippen molar-refractivity contribution in [1.29, 1.82) is 0 Å². The molecule has 0 aromatic heterocycles. The van der Waals surface area contributed by atoms with Gasteiger partial charge in [0.05, 0.1) is 31.5 Å². The molecule has 11 nitrogen and oxygen atoms in total. The number of hydrogen-bond acceptors (Lipinski definition) is 11. The first-order valence-corrected chi connectivity index (χ1v) is 27.9. The molecule has 1 aromatic carbocycles. The molecule has 72 heavy (non-hydrogen) atoms. The van der Waals surface area contributed by atoms with Crippen LogP contribution in [0.5, 0.6) is 0 Å². The van der Waals surface area contributed by atoms with Gasteiger partial charge in [-0.1, -0.05) is 110 Å². The number of ether oxygens (including phenoxy) is 2. The molecule has 4 fully saturated rings. The maximum Gasteiger partial charge on any atom is 0.145 e. The number of carbonyl (C=O) groups excluding carboxylic acids is 1. The molecule has 1 aromatic rings. The van der Waals surface area contributed by atoms with E-state index in [2.05, 4.69) is 90.6 Å². The van der Waals surface area contributed by atoms with E-state index in [-0.39, 0.29) is 54.4 Å². The van der Waals surface area contributed by atoms with Gasteiger partial charge in [0.1, 0.15) is 12.4 Å². The Balaban J connectivity index is 1.25. The van der Waals surface area contributed by atoms with E-state index in [9.17, 15) is 30.3 Å². The summed E-state index contributed by atoms with van der Waals surface area (Å²) in [4.78, 5) is 12.6. The van der Waals surface area contributed by atoms with Crippen LogP contribution in [0.1, 0.15) is 121 Å². The Kier molecular flexibility index (Phi) is 20.2. The molecule has 8 N–H and O–H groups in total. The van der Waals surface area contributed by atoms with E-state index in [1.807, 2.05) is 21.1 Å². The Morgan fingerprint density at radius 2 is 1.83 bits per heavy atom. The highest BCUT2D eigenvalue weighted by atomic mass is 16.5. The van der Waals surface area contributed by atoms with Crippen LogP contribution in [0.4, 0.5) is 0 Å². The maximum atomic E-state index is 13.1. The van der Waals surface area contributed by atoms with Crippen molar-refractivity contribution in [3.63, 3.8) is 0 Å². The summed E-state index contributed by atoms with van der Waals surface area (Å²) in [5.74, 6) is 0.175. The lowest BCUT2D eigenvalue weighted by atomic mass is 9.45. The van der Waals surface area contributed by atoms with Gasteiger partial charge in [-0.2, -0.15) is 0 Å². The minimum absolute atomic E-state index is 0.0530. The predicted octanol–water partition coefficient (Wildman–Crippen LogP) is 7.62. The van der Waals surface area contributed by atoms with E-state index >= 15 is 0 Å². The number of methoxy groups -OCH3 is 1. The highest BCUT2D eigenvalue weighted by Crippen LogP contribution is 2.67. The van der Waals surface area contributed by atoms with Crippen LogP contribution in [0.25, 0.3) is 0 Å². The summed E-state index contributed by atoms with van der Waals surface area (Å²) in [6, 6.07) is 9.56. The van der Waals surface area contributed by atoms with Gasteiger partial charge in [0.2, 0.25) is 0 Å². The SMILES string of the molecule is C=C(/C=C/C=C(/COC[C@H](O)CO)[C@@H]1CC[C@]2([C@@H]1O)[C@@H]1C(=C(C)C=O)[C@@H](C=C[C@@H]1CCO)C[C@]2(O)CCNC)[C@H]1C/C=C(\C)CN[C@@](CCOC)([C@@H]2CCCC[C@H]2CNC)Cc2cccc(c2)C12CCCC2. The van der Waals surface area contributed by atoms with E-state index in [4.69, 9.17) is 16.1 Å². The van der Waals surface area contributed by atoms with Crippen LogP contribution in [0, 0.1) is 46.8 Å². The number of allylic oxidation sites excluding steroid dienone is 9. The van der Waals surface area contributed by atoms with Gasteiger partial charge >= 0.3 is 0 Å². The lowest BCUT2D eigenvalue weighted by molar-refractivity contribution is -0.194. The van der Waals surface area contributed by atoms with Crippen molar-refractivity contribution >= 4 is 6.29 Å². The average Bonchev–Trinajstić information content (AvgIpc) is 4.02. The van der Waals surface area contributed by atoms with Crippen molar-refractivity contribution in [2.75, 3.05) is 73.9 Å². The number of benzene rings is 1. The summed E-state index contributed by atoms with van der Waals surface area (Å²) in [7, 11) is 5.80. The van der Waals surface area contributed by atoms with Crippen LogP contribution in [0.2, 0.25) is 0 Å². The molecule has 1 heterocycles. The number of rotatable bonds is 21. The fraction of sp³-hybridized carbons (Fsp3) is 0.689. The third-order valence-corrected chi connectivity index (χ3v) is 19.2. The van der Waals surface area contributed by atoms with Crippen LogP contribution in [0.15, 0.2) is 95.2 Å². The number of hydrogen-bond donors (Lipinski definition) is 8. The second-order valence-corrected chi connectivity index (χ2v) is 23.2. The number of aldehydes is 1. The van der Waals surface area contributed by atoms with Crippen LogP contribution < -0.4 is 16.0 Å².